The van der Waals surface area contributed by atoms with Crippen LogP contribution in [0.1, 0.15) is 78.6 Å². The van der Waals surface area contributed by atoms with Crippen LogP contribution in [0.4, 0.5) is 0 Å². The third-order valence-corrected chi connectivity index (χ3v) is 9.48. The van der Waals surface area contributed by atoms with Crippen LogP contribution >= 0.6 is 0 Å². The molecule has 2 nitrogen and oxygen atoms in total. The van der Waals surface area contributed by atoms with Gasteiger partial charge in [0.2, 0.25) is 0 Å². The number of allylic oxidation sites excluding steroid dienone is 1. The molecule has 2 heteroatoms. The predicted octanol–water partition coefficient (Wildman–Crippen LogP) is 5.36. The molecule has 0 aromatic carbocycles. The standard InChI is InChI=1S/C23H34O2/c1-5-6-15-13-21(2)14-16(24)9-12-23(21,4)18-10-11-22(3)17(20(15)18)7-8-19(22)25/h5,15,17-18,20H,1,6-14H2,2-4H3/t15?,17?,18?,20?,21-,22-,23+/m0/s1. The van der Waals surface area contributed by atoms with E-state index in [9.17, 15) is 9.59 Å². The minimum atomic E-state index is -0.0742. The zero-order valence-corrected chi connectivity index (χ0v) is 16.3. The third kappa shape index (κ3) is 2.21. The highest BCUT2D eigenvalue weighted by molar-refractivity contribution is 5.87. The smallest absolute Gasteiger partial charge is 0.139 e. The Hall–Kier alpha value is -0.920. The van der Waals surface area contributed by atoms with Crippen LogP contribution < -0.4 is 0 Å². The topological polar surface area (TPSA) is 34.1 Å². The highest BCUT2D eigenvalue weighted by atomic mass is 16.1. The molecule has 0 spiro atoms. The van der Waals surface area contributed by atoms with Gasteiger partial charge < -0.3 is 0 Å². The predicted molar refractivity (Wildman–Crippen MR) is 100 cm³/mol. The Bertz CT molecular complexity index is 622. The molecule has 0 aromatic rings. The number of rotatable bonds is 2. The van der Waals surface area contributed by atoms with Crippen LogP contribution in [-0.2, 0) is 9.59 Å². The fourth-order valence-corrected chi connectivity index (χ4v) is 7.90. The number of hydrogen-bond donors (Lipinski definition) is 0. The van der Waals surface area contributed by atoms with Gasteiger partial charge in [-0.25, -0.2) is 0 Å². The summed E-state index contributed by atoms with van der Waals surface area (Å²) < 4.78 is 0. The van der Waals surface area contributed by atoms with Crippen molar-refractivity contribution >= 4 is 11.6 Å². The van der Waals surface area contributed by atoms with Gasteiger partial charge in [-0.2, -0.15) is 0 Å². The Morgan fingerprint density at radius 2 is 1.84 bits per heavy atom. The van der Waals surface area contributed by atoms with Crippen LogP contribution in [0.5, 0.6) is 0 Å². The SMILES string of the molecule is C=CCC1C[C@@]2(C)CC(=O)CC[C@]2(C)C2CC[C@]3(C)C(=O)CCC3C12. The molecule has 0 heterocycles. The first-order chi connectivity index (χ1) is 11.7. The Morgan fingerprint density at radius 3 is 2.56 bits per heavy atom. The number of hydrogen-bond acceptors (Lipinski definition) is 2. The van der Waals surface area contributed by atoms with Gasteiger partial charge in [-0.05, 0) is 73.0 Å². The lowest BCUT2D eigenvalue weighted by molar-refractivity contribution is -0.178. The van der Waals surface area contributed by atoms with E-state index in [0.717, 1.165) is 51.4 Å². The molecular weight excluding hydrogens is 308 g/mol. The molecule has 4 unspecified atom stereocenters. The second kappa shape index (κ2) is 5.54. The molecule has 0 saturated heterocycles. The Balaban J connectivity index is 1.77. The zero-order valence-electron chi connectivity index (χ0n) is 16.3. The monoisotopic (exact) mass is 342 g/mol. The van der Waals surface area contributed by atoms with Crippen LogP contribution in [0.3, 0.4) is 0 Å². The average Bonchev–Trinajstić information content (AvgIpc) is 2.85. The zero-order chi connectivity index (χ0) is 18.0. The molecule has 4 rings (SSSR count). The quantitative estimate of drug-likeness (QED) is 0.633. The van der Waals surface area contributed by atoms with Gasteiger partial charge in [0.05, 0.1) is 0 Å². The van der Waals surface area contributed by atoms with Crippen molar-refractivity contribution in [3.63, 3.8) is 0 Å². The van der Waals surface area contributed by atoms with Gasteiger partial charge in [-0.15, -0.1) is 6.58 Å². The summed E-state index contributed by atoms with van der Waals surface area (Å²) >= 11 is 0. The van der Waals surface area contributed by atoms with Gasteiger partial charge in [-0.1, -0.05) is 26.8 Å². The molecule has 0 aliphatic heterocycles. The van der Waals surface area contributed by atoms with Gasteiger partial charge in [0, 0.05) is 24.7 Å². The average molecular weight is 343 g/mol. The third-order valence-electron chi connectivity index (χ3n) is 9.48. The van der Waals surface area contributed by atoms with Crippen molar-refractivity contribution < 1.29 is 9.59 Å². The molecular formula is C23H34O2. The molecule has 25 heavy (non-hydrogen) atoms. The van der Waals surface area contributed by atoms with E-state index in [2.05, 4.69) is 33.4 Å². The molecule has 7 atom stereocenters. The molecule has 4 aliphatic carbocycles. The molecule has 0 radical (unpaired) electrons. The maximum Gasteiger partial charge on any atom is 0.139 e. The van der Waals surface area contributed by atoms with Crippen molar-refractivity contribution in [2.45, 2.75) is 78.6 Å². The lowest BCUT2D eigenvalue weighted by atomic mass is 9.38. The lowest BCUT2D eigenvalue weighted by Crippen LogP contribution is -2.60. The van der Waals surface area contributed by atoms with Crippen molar-refractivity contribution in [2.75, 3.05) is 0 Å². The summed E-state index contributed by atoms with van der Waals surface area (Å²) in [6.45, 7) is 11.2. The fourth-order valence-electron chi connectivity index (χ4n) is 7.90. The number of carbonyl (C=O) groups is 2. The van der Waals surface area contributed by atoms with Crippen molar-refractivity contribution in [3.8, 4) is 0 Å². The summed E-state index contributed by atoms with van der Waals surface area (Å²) in [5.41, 5.74) is 0.318. The summed E-state index contributed by atoms with van der Waals surface area (Å²) in [5.74, 6) is 3.46. The summed E-state index contributed by atoms with van der Waals surface area (Å²) in [6.07, 6.45) is 11.0. The summed E-state index contributed by atoms with van der Waals surface area (Å²) in [6, 6.07) is 0. The van der Waals surface area contributed by atoms with Crippen LogP contribution in [-0.4, -0.2) is 11.6 Å². The first-order valence-electron chi connectivity index (χ1n) is 10.4. The van der Waals surface area contributed by atoms with Gasteiger partial charge in [0.15, 0.2) is 0 Å². The maximum atomic E-state index is 12.7. The molecule has 0 amide bonds. The molecule has 0 aromatic heterocycles. The Labute approximate surface area is 152 Å². The van der Waals surface area contributed by atoms with Crippen molar-refractivity contribution in [2.24, 2.45) is 39.9 Å². The van der Waals surface area contributed by atoms with Crippen LogP contribution in [0, 0.1) is 39.9 Å². The van der Waals surface area contributed by atoms with Crippen LogP contribution in [0.15, 0.2) is 12.7 Å². The summed E-state index contributed by atoms with van der Waals surface area (Å²) in [7, 11) is 0. The lowest BCUT2D eigenvalue weighted by Gasteiger charge is -2.66. The van der Waals surface area contributed by atoms with Gasteiger partial charge in [-0.3, -0.25) is 9.59 Å². The van der Waals surface area contributed by atoms with Crippen molar-refractivity contribution in [1.29, 1.82) is 0 Å². The van der Waals surface area contributed by atoms with Crippen LogP contribution in [0.2, 0.25) is 0 Å². The van der Waals surface area contributed by atoms with Gasteiger partial charge in [0.1, 0.15) is 11.6 Å². The number of ketones is 2. The molecule has 4 fully saturated rings. The minimum Gasteiger partial charge on any atom is -0.300 e. The van der Waals surface area contributed by atoms with E-state index in [0.29, 0.717) is 35.2 Å². The van der Waals surface area contributed by atoms with E-state index in [1.807, 2.05) is 0 Å². The van der Waals surface area contributed by atoms with E-state index in [4.69, 9.17) is 0 Å². The fraction of sp³-hybridized carbons (Fsp3) is 0.826. The molecule has 4 aliphatic rings. The number of Topliss-reactive ketones (excluding diaryl/α,β-unsaturated/α-hetero) is 2. The normalized spacial score (nSPS) is 52.3. The summed E-state index contributed by atoms with van der Waals surface area (Å²) in [5, 5.41) is 0. The molecule has 138 valence electrons. The first-order valence-corrected chi connectivity index (χ1v) is 10.4. The minimum absolute atomic E-state index is 0.0742. The van der Waals surface area contributed by atoms with Gasteiger partial charge in [0.25, 0.3) is 0 Å². The van der Waals surface area contributed by atoms with Crippen molar-refractivity contribution in [3.05, 3.63) is 12.7 Å². The van der Waals surface area contributed by atoms with E-state index in [1.54, 1.807) is 0 Å². The molecule has 0 bridgehead atoms. The first kappa shape index (κ1) is 17.5. The van der Waals surface area contributed by atoms with E-state index in [1.165, 1.54) is 6.42 Å². The number of carbonyl (C=O) groups excluding carboxylic acids is 2. The highest BCUT2D eigenvalue weighted by Crippen LogP contribution is 2.70. The van der Waals surface area contributed by atoms with Crippen molar-refractivity contribution in [1.82, 2.24) is 0 Å². The second-order valence-electron chi connectivity index (χ2n) is 10.4. The summed E-state index contributed by atoms with van der Waals surface area (Å²) in [4.78, 5) is 25.0. The number of fused-ring (bicyclic) bond motifs is 5. The van der Waals surface area contributed by atoms with Crippen LogP contribution in [0.25, 0.3) is 0 Å². The second-order valence-corrected chi connectivity index (χ2v) is 10.4. The molecule has 0 N–H and O–H groups in total. The van der Waals surface area contributed by atoms with E-state index < -0.39 is 0 Å². The van der Waals surface area contributed by atoms with Gasteiger partial charge >= 0.3 is 0 Å². The maximum absolute atomic E-state index is 12.7. The van der Waals surface area contributed by atoms with E-state index in [-0.39, 0.29) is 16.2 Å². The largest absolute Gasteiger partial charge is 0.300 e. The highest BCUT2D eigenvalue weighted by Gasteiger charge is 2.65. The Morgan fingerprint density at radius 1 is 1.08 bits per heavy atom. The Kier molecular flexibility index (Phi) is 3.87. The van der Waals surface area contributed by atoms with E-state index >= 15 is 0 Å². The molecule has 4 saturated carbocycles.